The van der Waals surface area contributed by atoms with Crippen molar-refractivity contribution in [3.63, 3.8) is 0 Å². The Balaban J connectivity index is 3.27. The van der Waals surface area contributed by atoms with Gasteiger partial charge in [0.05, 0.1) is 16.4 Å². The summed E-state index contributed by atoms with van der Waals surface area (Å²) in [5.74, 6) is -0.606. The van der Waals surface area contributed by atoms with E-state index in [1.165, 1.54) is 0 Å². The molecule has 0 atom stereocenters. The van der Waals surface area contributed by atoms with Crippen LogP contribution >= 0.6 is 15.9 Å². The molecule has 66 valence electrons. The largest absolute Gasteiger partial charge is 0.505 e. The molecule has 0 aliphatic rings. The standard InChI is InChI=1S/C6H5BrF2N2O/c7-3-2(10)1-11-4(5(3)12)6(8)9/h1,6,12H,10H2. The van der Waals surface area contributed by atoms with Crippen molar-refractivity contribution in [2.45, 2.75) is 6.43 Å². The Morgan fingerprint density at radius 3 is 2.67 bits per heavy atom. The Morgan fingerprint density at radius 2 is 2.17 bits per heavy atom. The van der Waals surface area contributed by atoms with Crippen LogP contribution in [0.2, 0.25) is 0 Å². The van der Waals surface area contributed by atoms with Crippen molar-refractivity contribution in [3.05, 3.63) is 16.4 Å². The molecule has 0 bridgehead atoms. The van der Waals surface area contributed by atoms with Crippen LogP contribution < -0.4 is 5.73 Å². The molecule has 3 nitrogen and oxygen atoms in total. The third-order valence-corrected chi connectivity index (χ3v) is 2.09. The smallest absolute Gasteiger partial charge is 0.284 e. The number of rotatable bonds is 1. The van der Waals surface area contributed by atoms with Gasteiger partial charge >= 0.3 is 0 Å². The number of hydrogen-bond donors (Lipinski definition) is 2. The number of pyridine rings is 1. The highest BCUT2D eigenvalue weighted by Crippen LogP contribution is 2.35. The lowest BCUT2D eigenvalue weighted by Crippen LogP contribution is -1.95. The first-order chi connectivity index (χ1) is 5.54. The number of nitrogens with zero attached hydrogens (tertiary/aromatic N) is 1. The van der Waals surface area contributed by atoms with Crippen molar-refractivity contribution in [1.29, 1.82) is 0 Å². The molecule has 0 saturated carbocycles. The van der Waals surface area contributed by atoms with E-state index in [9.17, 15) is 8.78 Å². The maximum atomic E-state index is 12.1. The van der Waals surface area contributed by atoms with E-state index in [0.717, 1.165) is 6.20 Å². The topological polar surface area (TPSA) is 59.1 Å². The number of anilines is 1. The second kappa shape index (κ2) is 3.22. The summed E-state index contributed by atoms with van der Waals surface area (Å²) in [6.45, 7) is 0. The monoisotopic (exact) mass is 238 g/mol. The molecule has 1 aromatic heterocycles. The van der Waals surface area contributed by atoms with Crippen molar-refractivity contribution < 1.29 is 13.9 Å². The van der Waals surface area contributed by atoms with Gasteiger partial charge in [-0.2, -0.15) is 0 Å². The first-order valence-electron chi connectivity index (χ1n) is 2.95. The molecule has 0 amide bonds. The summed E-state index contributed by atoms with van der Waals surface area (Å²) in [7, 11) is 0. The molecule has 0 aromatic carbocycles. The molecule has 0 saturated heterocycles. The summed E-state index contributed by atoms with van der Waals surface area (Å²) in [6, 6.07) is 0. The molecule has 0 radical (unpaired) electrons. The van der Waals surface area contributed by atoms with Gasteiger partial charge in [-0.1, -0.05) is 0 Å². The van der Waals surface area contributed by atoms with Crippen molar-refractivity contribution in [1.82, 2.24) is 4.98 Å². The Morgan fingerprint density at radius 1 is 1.58 bits per heavy atom. The zero-order chi connectivity index (χ0) is 9.30. The number of nitrogens with two attached hydrogens (primary N) is 1. The molecule has 6 heteroatoms. The summed E-state index contributed by atoms with van der Waals surface area (Å²) in [4.78, 5) is 3.28. The van der Waals surface area contributed by atoms with Gasteiger partial charge in [-0.15, -0.1) is 0 Å². The van der Waals surface area contributed by atoms with Gasteiger partial charge in [-0.25, -0.2) is 13.8 Å². The van der Waals surface area contributed by atoms with E-state index in [0.29, 0.717) is 0 Å². The second-order valence-electron chi connectivity index (χ2n) is 2.06. The van der Waals surface area contributed by atoms with Gasteiger partial charge in [-0.05, 0) is 15.9 Å². The lowest BCUT2D eigenvalue weighted by Gasteiger charge is -2.05. The Labute approximate surface area is 75.3 Å². The van der Waals surface area contributed by atoms with E-state index in [1.807, 2.05) is 0 Å². The molecule has 0 aliphatic heterocycles. The Bertz CT molecular complexity index is 306. The normalized spacial score (nSPS) is 10.7. The molecule has 3 N–H and O–H groups in total. The van der Waals surface area contributed by atoms with Gasteiger partial charge in [0.15, 0.2) is 5.75 Å². The third-order valence-electron chi connectivity index (χ3n) is 1.25. The lowest BCUT2D eigenvalue weighted by atomic mass is 10.3. The van der Waals surface area contributed by atoms with Gasteiger partial charge in [0.25, 0.3) is 6.43 Å². The maximum Gasteiger partial charge on any atom is 0.284 e. The van der Waals surface area contributed by atoms with E-state index < -0.39 is 17.9 Å². The molecule has 0 aliphatic carbocycles. The summed E-state index contributed by atoms with van der Waals surface area (Å²) in [5.41, 5.74) is 4.73. The van der Waals surface area contributed by atoms with E-state index in [2.05, 4.69) is 20.9 Å². The fourth-order valence-corrected chi connectivity index (χ4v) is 0.971. The number of aromatic nitrogens is 1. The molecule has 12 heavy (non-hydrogen) atoms. The molecule has 0 spiro atoms. The first-order valence-corrected chi connectivity index (χ1v) is 3.74. The average molecular weight is 239 g/mol. The minimum absolute atomic E-state index is 0.0489. The predicted molar refractivity (Wildman–Crippen MR) is 43.0 cm³/mol. The van der Waals surface area contributed by atoms with Crippen LogP contribution in [0.5, 0.6) is 5.75 Å². The zero-order valence-electron chi connectivity index (χ0n) is 5.76. The van der Waals surface area contributed by atoms with E-state index >= 15 is 0 Å². The molecular formula is C6H5BrF2N2O. The van der Waals surface area contributed by atoms with Crippen LogP contribution in [0, 0.1) is 0 Å². The summed E-state index contributed by atoms with van der Waals surface area (Å²) < 4.78 is 24.2. The van der Waals surface area contributed by atoms with Crippen LogP contribution in [-0.2, 0) is 0 Å². The summed E-state index contributed by atoms with van der Waals surface area (Å²) in [5, 5.41) is 9.08. The van der Waals surface area contributed by atoms with Crippen molar-refractivity contribution in [3.8, 4) is 5.75 Å². The van der Waals surface area contributed by atoms with Gasteiger partial charge in [0.1, 0.15) is 5.69 Å². The maximum absolute atomic E-state index is 12.1. The van der Waals surface area contributed by atoms with Gasteiger partial charge < -0.3 is 10.8 Å². The minimum atomic E-state index is -2.80. The highest BCUT2D eigenvalue weighted by atomic mass is 79.9. The number of aromatic hydroxyl groups is 1. The van der Waals surface area contributed by atoms with Crippen LogP contribution in [0.1, 0.15) is 12.1 Å². The number of alkyl halides is 2. The van der Waals surface area contributed by atoms with Crippen LogP contribution in [0.3, 0.4) is 0 Å². The quantitative estimate of drug-likeness (QED) is 0.788. The Hall–Kier alpha value is -0.910. The number of hydrogen-bond acceptors (Lipinski definition) is 3. The van der Waals surface area contributed by atoms with Crippen molar-refractivity contribution >= 4 is 21.6 Å². The third kappa shape index (κ3) is 1.47. The fourth-order valence-electron chi connectivity index (χ4n) is 0.666. The van der Waals surface area contributed by atoms with Crippen LogP contribution in [0.4, 0.5) is 14.5 Å². The summed E-state index contributed by atoms with van der Waals surface area (Å²) in [6.07, 6.45) is -1.74. The lowest BCUT2D eigenvalue weighted by molar-refractivity contribution is 0.141. The van der Waals surface area contributed by atoms with Gasteiger partial charge in [0, 0.05) is 0 Å². The number of halogens is 3. The van der Waals surface area contributed by atoms with E-state index in [1.54, 1.807) is 0 Å². The van der Waals surface area contributed by atoms with Gasteiger partial charge in [0.2, 0.25) is 0 Å². The average Bonchev–Trinajstić information content (AvgIpc) is 2.00. The van der Waals surface area contributed by atoms with Gasteiger partial charge in [-0.3, -0.25) is 0 Å². The molecule has 0 fully saturated rings. The van der Waals surface area contributed by atoms with E-state index in [-0.39, 0.29) is 10.2 Å². The van der Waals surface area contributed by atoms with E-state index in [4.69, 9.17) is 10.8 Å². The molecule has 1 rings (SSSR count). The summed E-state index contributed by atoms with van der Waals surface area (Å²) >= 11 is 2.85. The van der Waals surface area contributed by atoms with Crippen LogP contribution in [0.15, 0.2) is 10.7 Å². The molecule has 1 aromatic rings. The molecular weight excluding hydrogens is 234 g/mol. The molecule has 1 heterocycles. The minimum Gasteiger partial charge on any atom is -0.505 e. The van der Waals surface area contributed by atoms with Crippen LogP contribution in [0.25, 0.3) is 0 Å². The second-order valence-corrected chi connectivity index (χ2v) is 2.86. The molecule has 0 unspecified atom stereocenters. The van der Waals surface area contributed by atoms with Crippen LogP contribution in [-0.4, -0.2) is 10.1 Å². The highest BCUT2D eigenvalue weighted by molar-refractivity contribution is 9.10. The first kappa shape index (κ1) is 9.18. The van der Waals surface area contributed by atoms with Crippen molar-refractivity contribution in [2.75, 3.05) is 5.73 Å². The zero-order valence-corrected chi connectivity index (χ0v) is 7.35. The van der Waals surface area contributed by atoms with Crippen molar-refractivity contribution in [2.24, 2.45) is 0 Å². The fraction of sp³-hybridized carbons (Fsp3) is 0.167. The predicted octanol–water partition coefficient (Wildman–Crippen LogP) is 2.07. The Kier molecular flexibility index (Phi) is 2.46. The highest BCUT2D eigenvalue weighted by Gasteiger charge is 2.17. The number of nitrogen functional groups attached to an aromatic ring is 1. The SMILES string of the molecule is Nc1cnc(C(F)F)c(O)c1Br.